The maximum atomic E-state index is 11.0. The number of rotatable bonds is 11. The van der Waals surface area contributed by atoms with Gasteiger partial charge in [-0.05, 0) is 48.4 Å². The van der Waals surface area contributed by atoms with Gasteiger partial charge in [0.1, 0.15) is 49.0 Å². The lowest BCUT2D eigenvalue weighted by atomic mass is 10.0. The second-order valence-corrected chi connectivity index (χ2v) is 8.05. The van der Waals surface area contributed by atoms with Crippen molar-refractivity contribution in [3.05, 3.63) is 107 Å². The molecule has 37 heavy (non-hydrogen) atoms. The second-order valence-electron chi connectivity index (χ2n) is 8.05. The fraction of sp³-hybridized carbons (Fsp3) is 0.138. The molecule has 188 valence electrons. The minimum atomic E-state index is -1.03. The van der Waals surface area contributed by atoms with Crippen LogP contribution in [-0.4, -0.2) is 35.7 Å². The zero-order valence-corrected chi connectivity index (χ0v) is 20.5. The third-order valence-corrected chi connectivity index (χ3v) is 5.35. The Labute approximate surface area is 214 Å². The molecule has 0 saturated carbocycles. The lowest BCUT2D eigenvalue weighted by molar-refractivity contribution is -0.131. The average Bonchev–Trinajstić information content (AvgIpc) is 3.36. The second kappa shape index (κ2) is 12.2. The molecule has 4 aromatic rings. The van der Waals surface area contributed by atoms with E-state index in [1.807, 2.05) is 60.7 Å². The van der Waals surface area contributed by atoms with Gasteiger partial charge < -0.3 is 23.9 Å². The highest BCUT2D eigenvalue weighted by atomic mass is 16.6. The molecule has 8 heteroatoms. The molecule has 0 aliphatic rings. The van der Waals surface area contributed by atoms with Crippen molar-refractivity contribution in [2.75, 3.05) is 13.7 Å². The lowest BCUT2D eigenvalue weighted by Gasteiger charge is -2.11. The summed E-state index contributed by atoms with van der Waals surface area (Å²) < 4.78 is 17.1. The Balaban J connectivity index is 1.41. The van der Waals surface area contributed by atoms with Crippen LogP contribution in [0.4, 0.5) is 0 Å². The molecule has 0 fully saturated rings. The van der Waals surface area contributed by atoms with Crippen molar-refractivity contribution in [3.63, 3.8) is 0 Å². The Morgan fingerprint density at radius 3 is 2.43 bits per heavy atom. The van der Waals surface area contributed by atoms with Crippen molar-refractivity contribution >= 4 is 17.8 Å². The number of aliphatic carboxylic acids is 1. The van der Waals surface area contributed by atoms with Crippen LogP contribution in [0.5, 0.6) is 11.5 Å². The first kappa shape index (κ1) is 25.2. The quantitative estimate of drug-likeness (QED) is 0.159. The van der Waals surface area contributed by atoms with Crippen LogP contribution >= 0.6 is 0 Å². The van der Waals surface area contributed by atoms with Crippen LogP contribution in [0.25, 0.3) is 17.3 Å². The molecule has 0 unspecified atom stereocenters. The molecule has 0 bridgehead atoms. The summed E-state index contributed by atoms with van der Waals surface area (Å²) >= 11 is 0. The van der Waals surface area contributed by atoms with Crippen molar-refractivity contribution in [1.29, 1.82) is 0 Å². The van der Waals surface area contributed by atoms with Gasteiger partial charge in [-0.15, -0.1) is 0 Å². The number of aromatic nitrogens is 1. The van der Waals surface area contributed by atoms with Gasteiger partial charge in [-0.2, -0.15) is 0 Å². The molecule has 0 aliphatic heterocycles. The Morgan fingerprint density at radius 1 is 1.00 bits per heavy atom. The largest absolute Gasteiger partial charge is 0.489 e. The van der Waals surface area contributed by atoms with Crippen LogP contribution in [0.15, 0.2) is 94.6 Å². The minimum Gasteiger partial charge on any atom is -0.489 e. The van der Waals surface area contributed by atoms with Crippen LogP contribution in [0, 0.1) is 6.92 Å². The number of nitrogens with zero attached hydrogens (tertiary/aromatic N) is 2. The van der Waals surface area contributed by atoms with E-state index in [9.17, 15) is 4.79 Å². The zero-order chi connectivity index (χ0) is 26.0. The van der Waals surface area contributed by atoms with Crippen LogP contribution in [0.2, 0.25) is 0 Å². The maximum absolute atomic E-state index is 11.0. The first-order valence-corrected chi connectivity index (χ1v) is 11.5. The summed E-state index contributed by atoms with van der Waals surface area (Å²) in [5, 5.41) is 17.1. The molecule has 0 atom stereocenters. The van der Waals surface area contributed by atoms with Gasteiger partial charge in [0.05, 0.1) is 0 Å². The standard InChI is InChI=1S/C29H26N2O6/c1-20-16-27(31-37-20)26-17-25(14-10-22(26)11-15-29(32)33)35-18-21-8-12-24(13-9-21)36-19-28(30-34-2)23-6-4-3-5-7-23/h3-17H,18-19H2,1-2H3,(H,32,33). The van der Waals surface area contributed by atoms with Crippen LogP contribution in [-0.2, 0) is 16.2 Å². The predicted octanol–water partition coefficient (Wildman–Crippen LogP) is 5.76. The van der Waals surface area contributed by atoms with Crippen molar-refractivity contribution < 1.29 is 28.7 Å². The minimum absolute atomic E-state index is 0.265. The van der Waals surface area contributed by atoms with E-state index in [1.54, 1.807) is 25.1 Å². The smallest absolute Gasteiger partial charge is 0.328 e. The van der Waals surface area contributed by atoms with Crippen molar-refractivity contribution in [3.8, 4) is 22.8 Å². The van der Waals surface area contributed by atoms with Gasteiger partial charge in [0.25, 0.3) is 0 Å². The van der Waals surface area contributed by atoms with E-state index in [2.05, 4.69) is 10.3 Å². The van der Waals surface area contributed by atoms with Crippen LogP contribution < -0.4 is 9.47 Å². The van der Waals surface area contributed by atoms with E-state index in [-0.39, 0.29) is 6.61 Å². The number of hydrogen-bond donors (Lipinski definition) is 1. The molecular formula is C29H26N2O6. The predicted molar refractivity (Wildman–Crippen MR) is 140 cm³/mol. The third-order valence-electron chi connectivity index (χ3n) is 5.35. The Morgan fingerprint density at radius 2 is 1.76 bits per heavy atom. The number of carboxylic acids is 1. The Bertz CT molecular complexity index is 1390. The number of aryl methyl sites for hydroxylation is 1. The van der Waals surface area contributed by atoms with Gasteiger partial charge in [0.2, 0.25) is 0 Å². The molecule has 1 N–H and O–H groups in total. The third kappa shape index (κ3) is 7.08. The van der Waals surface area contributed by atoms with E-state index in [0.717, 1.165) is 17.2 Å². The Kier molecular flexibility index (Phi) is 8.33. The number of ether oxygens (including phenoxy) is 2. The van der Waals surface area contributed by atoms with Gasteiger partial charge in [-0.25, -0.2) is 4.79 Å². The fourth-order valence-electron chi connectivity index (χ4n) is 3.55. The van der Waals surface area contributed by atoms with Gasteiger partial charge in [-0.3, -0.25) is 0 Å². The molecule has 1 aromatic heterocycles. The van der Waals surface area contributed by atoms with E-state index in [1.165, 1.54) is 13.2 Å². The van der Waals surface area contributed by atoms with E-state index in [0.29, 0.717) is 46.4 Å². The van der Waals surface area contributed by atoms with Crippen LogP contribution in [0.1, 0.15) is 22.5 Å². The van der Waals surface area contributed by atoms with Gasteiger partial charge in [0.15, 0.2) is 0 Å². The summed E-state index contributed by atoms with van der Waals surface area (Å²) in [7, 11) is 1.51. The number of benzene rings is 3. The van der Waals surface area contributed by atoms with E-state index in [4.69, 9.17) is 23.9 Å². The molecule has 8 nitrogen and oxygen atoms in total. The molecule has 3 aromatic carbocycles. The fourth-order valence-corrected chi connectivity index (χ4v) is 3.55. The summed E-state index contributed by atoms with van der Waals surface area (Å²) in [6.45, 7) is 2.40. The summed E-state index contributed by atoms with van der Waals surface area (Å²) in [6, 6.07) is 24.5. The number of carboxylic acid groups (broad SMARTS) is 1. The number of hydrogen-bond acceptors (Lipinski definition) is 7. The lowest BCUT2D eigenvalue weighted by Crippen LogP contribution is -2.13. The molecule has 1 heterocycles. The summed E-state index contributed by atoms with van der Waals surface area (Å²) in [5.74, 6) is 0.937. The van der Waals surface area contributed by atoms with Gasteiger partial charge in [-0.1, -0.05) is 58.8 Å². The first-order valence-electron chi connectivity index (χ1n) is 11.5. The van der Waals surface area contributed by atoms with Gasteiger partial charge in [0, 0.05) is 23.3 Å². The highest BCUT2D eigenvalue weighted by Gasteiger charge is 2.11. The van der Waals surface area contributed by atoms with Crippen molar-refractivity contribution in [2.45, 2.75) is 13.5 Å². The highest BCUT2D eigenvalue weighted by Crippen LogP contribution is 2.29. The Hall–Kier alpha value is -4.85. The zero-order valence-electron chi connectivity index (χ0n) is 20.5. The molecule has 0 radical (unpaired) electrons. The van der Waals surface area contributed by atoms with E-state index < -0.39 is 5.97 Å². The molecule has 0 saturated heterocycles. The van der Waals surface area contributed by atoms with Crippen LogP contribution in [0.3, 0.4) is 0 Å². The average molecular weight is 499 g/mol. The van der Waals surface area contributed by atoms with Gasteiger partial charge >= 0.3 is 5.97 Å². The SMILES string of the molecule is CON=C(COc1ccc(COc2ccc(C=CC(=O)O)c(-c3cc(C)on3)c2)cc1)c1ccccc1. The summed E-state index contributed by atoms with van der Waals surface area (Å²) in [4.78, 5) is 15.9. The molecule has 0 aliphatic carbocycles. The normalized spacial score (nSPS) is 11.5. The topological polar surface area (TPSA) is 103 Å². The molecular weight excluding hydrogens is 472 g/mol. The monoisotopic (exact) mass is 498 g/mol. The summed E-state index contributed by atoms with van der Waals surface area (Å²) in [5.41, 5.74) is 4.57. The van der Waals surface area contributed by atoms with Crippen molar-refractivity contribution in [2.24, 2.45) is 5.16 Å². The number of oxime groups is 1. The first-order chi connectivity index (χ1) is 18.0. The molecule has 0 spiro atoms. The van der Waals surface area contributed by atoms with E-state index >= 15 is 0 Å². The maximum Gasteiger partial charge on any atom is 0.328 e. The molecule has 4 rings (SSSR count). The molecule has 0 amide bonds. The highest BCUT2D eigenvalue weighted by molar-refractivity contribution is 6.01. The number of carbonyl (C=O) groups is 1. The van der Waals surface area contributed by atoms with Crippen molar-refractivity contribution in [1.82, 2.24) is 5.16 Å². The summed E-state index contributed by atoms with van der Waals surface area (Å²) in [6.07, 6.45) is 2.60.